The van der Waals surface area contributed by atoms with Gasteiger partial charge in [-0.05, 0) is 32.0 Å². The summed E-state index contributed by atoms with van der Waals surface area (Å²) in [6, 6.07) is 4.99. The highest BCUT2D eigenvalue weighted by Gasteiger charge is 2.16. The van der Waals surface area contributed by atoms with Crippen molar-refractivity contribution in [2.24, 2.45) is 0 Å². The summed E-state index contributed by atoms with van der Waals surface area (Å²) >= 11 is 1.74. The summed E-state index contributed by atoms with van der Waals surface area (Å²) in [5, 5.41) is 10.3. The average molecular weight is 307 g/mol. The Labute approximate surface area is 131 Å². The number of nitrogens with one attached hydrogen (secondary N) is 1. The number of rotatable bonds is 8. The van der Waals surface area contributed by atoms with Crippen LogP contribution in [0, 0.1) is 0 Å². The van der Waals surface area contributed by atoms with Gasteiger partial charge in [0, 0.05) is 35.0 Å². The lowest BCUT2D eigenvalue weighted by Gasteiger charge is -2.15. The lowest BCUT2D eigenvalue weighted by molar-refractivity contribution is 0.415. The van der Waals surface area contributed by atoms with E-state index in [1.807, 2.05) is 0 Å². The van der Waals surface area contributed by atoms with Crippen LogP contribution in [0.1, 0.15) is 49.8 Å². The second-order valence-electron chi connectivity index (χ2n) is 5.25. The normalized spacial score (nSPS) is 14.1. The fourth-order valence-corrected chi connectivity index (χ4v) is 3.20. The van der Waals surface area contributed by atoms with Crippen LogP contribution in [-0.2, 0) is 6.42 Å². The highest BCUT2D eigenvalue weighted by molar-refractivity contribution is 7.10. The average Bonchev–Trinajstić information content (AvgIpc) is 3.15. The summed E-state index contributed by atoms with van der Waals surface area (Å²) < 4.78 is 7.35. The molecule has 2 atom stereocenters. The van der Waals surface area contributed by atoms with E-state index in [2.05, 4.69) is 54.5 Å². The summed E-state index contributed by atoms with van der Waals surface area (Å²) in [6.07, 6.45) is 4.09. The van der Waals surface area contributed by atoms with Crippen LogP contribution in [-0.4, -0.2) is 23.4 Å². The highest BCUT2D eigenvalue weighted by Crippen LogP contribution is 2.28. The molecule has 2 aromatic rings. The molecule has 21 heavy (non-hydrogen) atoms. The van der Waals surface area contributed by atoms with E-state index in [9.17, 15) is 0 Å². The maximum absolute atomic E-state index is 5.29. The number of aromatic nitrogens is 2. The molecule has 4 nitrogen and oxygen atoms in total. The third-order valence-corrected chi connectivity index (χ3v) is 4.77. The molecule has 2 unspecified atom stereocenters. The van der Waals surface area contributed by atoms with Crippen LogP contribution >= 0.6 is 11.3 Å². The van der Waals surface area contributed by atoms with Crippen molar-refractivity contribution in [3.05, 3.63) is 34.3 Å². The summed E-state index contributed by atoms with van der Waals surface area (Å²) in [7, 11) is 1.71. The Morgan fingerprint density at radius 2 is 2.24 bits per heavy atom. The van der Waals surface area contributed by atoms with Gasteiger partial charge in [0.2, 0.25) is 0 Å². The Kier molecular flexibility index (Phi) is 5.82. The van der Waals surface area contributed by atoms with E-state index in [0.29, 0.717) is 12.1 Å². The van der Waals surface area contributed by atoms with Gasteiger partial charge in [0.1, 0.15) is 5.75 Å². The van der Waals surface area contributed by atoms with Gasteiger partial charge in [0.25, 0.3) is 0 Å². The molecule has 0 fully saturated rings. The van der Waals surface area contributed by atoms with Crippen molar-refractivity contribution in [3.8, 4) is 5.75 Å². The second kappa shape index (κ2) is 7.61. The van der Waals surface area contributed by atoms with Crippen LogP contribution in [0.4, 0.5) is 0 Å². The number of nitrogens with zero attached hydrogens (tertiary/aromatic N) is 2. The van der Waals surface area contributed by atoms with Gasteiger partial charge in [-0.25, -0.2) is 0 Å². The summed E-state index contributed by atoms with van der Waals surface area (Å²) in [5.74, 6) is 0.933. The predicted octanol–water partition coefficient (Wildman–Crippen LogP) is 3.82. The van der Waals surface area contributed by atoms with Gasteiger partial charge in [-0.1, -0.05) is 13.8 Å². The van der Waals surface area contributed by atoms with Crippen LogP contribution in [0.2, 0.25) is 0 Å². The van der Waals surface area contributed by atoms with E-state index in [1.54, 1.807) is 18.4 Å². The fourth-order valence-electron chi connectivity index (χ4n) is 2.27. The van der Waals surface area contributed by atoms with Crippen LogP contribution in [0.15, 0.2) is 23.7 Å². The first kappa shape index (κ1) is 16.0. The predicted molar refractivity (Wildman–Crippen MR) is 88.2 cm³/mol. The number of methoxy groups -OCH3 is 1. The van der Waals surface area contributed by atoms with Crippen LogP contribution in [0.25, 0.3) is 0 Å². The topological polar surface area (TPSA) is 39.1 Å². The molecule has 116 valence electrons. The molecule has 0 aromatic carbocycles. The molecular formula is C16H25N3OS. The Morgan fingerprint density at radius 3 is 2.86 bits per heavy atom. The third-order valence-electron chi connectivity index (χ3n) is 3.74. The quantitative estimate of drug-likeness (QED) is 0.806. The Bertz CT molecular complexity index is 549. The number of hydrogen-bond acceptors (Lipinski definition) is 4. The zero-order valence-electron chi connectivity index (χ0n) is 13.3. The first-order chi connectivity index (χ1) is 10.2. The number of thiophene rings is 1. The summed E-state index contributed by atoms with van der Waals surface area (Å²) in [4.78, 5) is 1.30. The molecular weight excluding hydrogens is 282 g/mol. The molecule has 0 spiro atoms. The summed E-state index contributed by atoms with van der Waals surface area (Å²) in [6.45, 7) is 7.46. The minimum atomic E-state index is 0.296. The molecule has 1 N–H and O–H groups in total. The van der Waals surface area contributed by atoms with Crippen molar-refractivity contribution < 1.29 is 4.74 Å². The zero-order chi connectivity index (χ0) is 15.2. The van der Waals surface area contributed by atoms with Crippen molar-refractivity contribution in [3.63, 3.8) is 0 Å². The molecule has 2 heterocycles. The van der Waals surface area contributed by atoms with E-state index in [4.69, 9.17) is 9.84 Å². The Morgan fingerprint density at radius 1 is 1.43 bits per heavy atom. The van der Waals surface area contributed by atoms with Crippen molar-refractivity contribution >= 4 is 11.3 Å². The van der Waals surface area contributed by atoms with E-state index in [0.717, 1.165) is 30.8 Å². The Hall–Kier alpha value is -1.33. The zero-order valence-corrected chi connectivity index (χ0v) is 14.1. The van der Waals surface area contributed by atoms with Crippen molar-refractivity contribution in [1.82, 2.24) is 15.1 Å². The molecule has 0 amide bonds. The first-order valence-corrected chi connectivity index (χ1v) is 8.45. The molecule has 0 radical (unpaired) electrons. The highest BCUT2D eigenvalue weighted by atomic mass is 32.1. The van der Waals surface area contributed by atoms with Gasteiger partial charge in [-0.15, -0.1) is 11.3 Å². The molecule has 0 saturated carbocycles. The minimum Gasteiger partial charge on any atom is -0.496 e. The van der Waals surface area contributed by atoms with E-state index in [1.165, 1.54) is 4.88 Å². The van der Waals surface area contributed by atoms with Crippen LogP contribution in [0.5, 0.6) is 5.75 Å². The minimum absolute atomic E-state index is 0.296. The second-order valence-corrected chi connectivity index (χ2v) is 6.19. The fraction of sp³-hybridized carbons (Fsp3) is 0.562. The van der Waals surface area contributed by atoms with Gasteiger partial charge >= 0.3 is 0 Å². The van der Waals surface area contributed by atoms with Gasteiger partial charge in [-0.3, -0.25) is 4.68 Å². The molecule has 0 aliphatic carbocycles. The molecule has 0 saturated heterocycles. The number of hydrogen-bond donors (Lipinski definition) is 1. The van der Waals surface area contributed by atoms with Crippen LogP contribution in [0.3, 0.4) is 0 Å². The smallest absolute Gasteiger partial charge is 0.129 e. The molecule has 2 aromatic heterocycles. The maximum atomic E-state index is 5.29. The molecule has 0 bridgehead atoms. The lowest BCUT2D eigenvalue weighted by atomic mass is 10.1. The van der Waals surface area contributed by atoms with E-state index in [-0.39, 0.29) is 0 Å². The first-order valence-electron chi connectivity index (χ1n) is 7.57. The largest absolute Gasteiger partial charge is 0.496 e. The molecule has 0 aliphatic heterocycles. The Balaban J connectivity index is 2.10. The van der Waals surface area contributed by atoms with Crippen molar-refractivity contribution in [2.45, 2.75) is 45.7 Å². The van der Waals surface area contributed by atoms with Gasteiger partial charge in [0.05, 0.1) is 12.8 Å². The molecule has 2 rings (SSSR count). The number of ether oxygens (including phenoxy) is 1. The monoisotopic (exact) mass is 307 g/mol. The van der Waals surface area contributed by atoms with E-state index < -0.39 is 0 Å². The van der Waals surface area contributed by atoms with Gasteiger partial charge in [-0.2, -0.15) is 5.10 Å². The number of likely N-dealkylation sites (N-methyl/N-ethyl adjacent to an activating group) is 1. The SMILES string of the molecule is CCNC(Cc1ccn(C(C)CC)n1)c1cc(OC)cs1. The third kappa shape index (κ3) is 4.08. The molecule has 0 aliphatic rings. The lowest BCUT2D eigenvalue weighted by Crippen LogP contribution is -2.22. The van der Waals surface area contributed by atoms with Crippen molar-refractivity contribution in [1.29, 1.82) is 0 Å². The maximum Gasteiger partial charge on any atom is 0.129 e. The van der Waals surface area contributed by atoms with E-state index >= 15 is 0 Å². The van der Waals surface area contributed by atoms with Gasteiger partial charge < -0.3 is 10.1 Å². The summed E-state index contributed by atoms with van der Waals surface area (Å²) in [5.41, 5.74) is 1.13. The van der Waals surface area contributed by atoms with Gasteiger partial charge in [0.15, 0.2) is 0 Å². The van der Waals surface area contributed by atoms with Crippen LogP contribution < -0.4 is 10.1 Å². The molecule has 5 heteroatoms. The van der Waals surface area contributed by atoms with Crippen molar-refractivity contribution in [2.75, 3.05) is 13.7 Å². The standard InChI is InChI=1S/C16H25N3OS/c1-5-12(3)19-8-7-13(18-19)9-15(17-6-2)16-10-14(20-4)11-21-16/h7-8,10-12,15,17H,5-6,9H2,1-4H3.